The largest absolute Gasteiger partial charge is 0.465 e. The zero-order valence-corrected chi connectivity index (χ0v) is 11.3. The third-order valence-corrected chi connectivity index (χ3v) is 2.99. The second kappa shape index (κ2) is 5.57. The lowest BCUT2D eigenvalue weighted by Crippen LogP contribution is -2.00. The predicted molar refractivity (Wildman–Crippen MR) is 73.8 cm³/mol. The van der Waals surface area contributed by atoms with Gasteiger partial charge in [0, 0.05) is 0 Å². The van der Waals surface area contributed by atoms with E-state index in [0.29, 0.717) is 11.3 Å². The first-order valence-corrected chi connectivity index (χ1v) is 6.03. The minimum atomic E-state index is -0.349. The smallest absolute Gasteiger partial charge is 0.337 e. The maximum Gasteiger partial charge on any atom is 0.337 e. The summed E-state index contributed by atoms with van der Waals surface area (Å²) in [6.07, 6.45) is 0. The highest BCUT2D eigenvalue weighted by Crippen LogP contribution is 2.24. The molecule has 2 rings (SSSR count). The second-order valence-corrected chi connectivity index (χ2v) is 4.36. The van der Waals surface area contributed by atoms with Crippen molar-refractivity contribution in [2.24, 2.45) is 0 Å². The Morgan fingerprint density at radius 2 is 1.53 bits per heavy atom. The van der Waals surface area contributed by atoms with Crippen molar-refractivity contribution in [1.29, 1.82) is 0 Å². The molecule has 0 saturated carbocycles. The first-order chi connectivity index (χ1) is 9.10. The molecule has 19 heavy (non-hydrogen) atoms. The van der Waals surface area contributed by atoms with Crippen LogP contribution in [0, 0.1) is 13.8 Å². The Bertz CT molecular complexity index is 585. The van der Waals surface area contributed by atoms with Crippen LogP contribution < -0.4 is 4.74 Å². The van der Waals surface area contributed by atoms with Crippen LogP contribution in [0.25, 0.3) is 0 Å². The van der Waals surface area contributed by atoms with Gasteiger partial charge in [0.15, 0.2) is 0 Å². The van der Waals surface area contributed by atoms with Gasteiger partial charge in [0.25, 0.3) is 0 Å². The Morgan fingerprint density at radius 3 is 2.11 bits per heavy atom. The van der Waals surface area contributed by atoms with Gasteiger partial charge >= 0.3 is 5.97 Å². The number of rotatable bonds is 3. The van der Waals surface area contributed by atoms with E-state index in [1.165, 1.54) is 18.2 Å². The molecule has 0 aliphatic rings. The molecule has 2 aromatic rings. The minimum absolute atomic E-state index is 0.349. The van der Waals surface area contributed by atoms with Crippen molar-refractivity contribution in [1.82, 2.24) is 0 Å². The van der Waals surface area contributed by atoms with Crippen molar-refractivity contribution in [2.75, 3.05) is 7.11 Å². The molecule has 3 nitrogen and oxygen atoms in total. The molecule has 0 aromatic heterocycles. The molecule has 0 fully saturated rings. The van der Waals surface area contributed by atoms with Gasteiger partial charge < -0.3 is 9.47 Å². The van der Waals surface area contributed by atoms with Gasteiger partial charge in [0.05, 0.1) is 12.7 Å². The minimum Gasteiger partial charge on any atom is -0.465 e. The van der Waals surface area contributed by atoms with E-state index in [2.05, 4.69) is 11.7 Å². The highest BCUT2D eigenvalue weighted by atomic mass is 16.5. The molecule has 0 bridgehead atoms. The summed E-state index contributed by atoms with van der Waals surface area (Å²) in [4.78, 5) is 11.3. The van der Waals surface area contributed by atoms with E-state index in [9.17, 15) is 4.79 Å². The topological polar surface area (TPSA) is 35.5 Å². The van der Waals surface area contributed by atoms with Gasteiger partial charge in [-0.15, -0.1) is 0 Å². The molecule has 0 unspecified atom stereocenters. The molecule has 0 radical (unpaired) electrons. The summed E-state index contributed by atoms with van der Waals surface area (Å²) in [6, 6.07) is 12.8. The molecular formula is C16H16O3. The van der Waals surface area contributed by atoms with Gasteiger partial charge in [0.1, 0.15) is 11.5 Å². The Kier molecular flexibility index (Phi) is 3.85. The standard InChI is InChI=1S/C16H16O3/c1-11-4-7-15(10-12(11)2)19-14-8-5-13(6-9-14)16(17)18-3/h4-10H,1-3H3. The fourth-order valence-corrected chi connectivity index (χ4v) is 1.69. The van der Waals surface area contributed by atoms with Crippen molar-refractivity contribution < 1.29 is 14.3 Å². The maximum atomic E-state index is 11.3. The Balaban J connectivity index is 2.15. The van der Waals surface area contributed by atoms with Crippen molar-refractivity contribution >= 4 is 5.97 Å². The first-order valence-electron chi connectivity index (χ1n) is 6.03. The fourth-order valence-electron chi connectivity index (χ4n) is 1.69. The van der Waals surface area contributed by atoms with E-state index in [0.717, 1.165) is 5.75 Å². The van der Waals surface area contributed by atoms with Crippen molar-refractivity contribution in [2.45, 2.75) is 13.8 Å². The molecule has 2 aromatic carbocycles. The highest BCUT2D eigenvalue weighted by Gasteiger charge is 2.05. The number of benzene rings is 2. The zero-order chi connectivity index (χ0) is 13.8. The van der Waals surface area contributed by atoms with Crippen LogP contribution in [0.15, 0.2) is 42.5 Å². The molecule has 0 amide bonds. The Hall–Kier alpha value is -2.29. The zero-order valence-electron chi connectivity index (χ0n) is 11.3. The van der Waals surface area contributed by atoms with Crippen LogP contribution in [0.2, 0.25) is 0 Å². The maximum absolute atomic E-state index is 11.3. The summed E-state index contributed by atoms with van der Waals surface area (Å²) < 4.78 is 10.4. The van der Waals surface area contributed by atoms with Crippen LogP contribution in [0.3, 0.4) is 0 Å². The van der Waals surface area contributed by atoms with Crippen LogP contribution in [0.4, 0.5) is 0 Å². The van der Waals surface area contributed by atoms with E-state index >= 15 is 0 Å². The molecule has 0 atom stereocenters. The van der Waals surface area contributed by atoms with Crippen molar-refractivity contribution in [3.8, 4) is 11.5 Å². The molecule has 0 spiro atoms. The number of methoxy groups -OCH3 is 1. The molecule has 0 N–H and O–H groups in total. The molecule has 98 valence electrons. The van der Waals surface area contributed by atoms with E-state index in [1.807, 2.05) is 25.1 Å². The number of ether oxygens (including phenoxy) is 2. The van der Waals surface area contributed by atoms with Crippen LogP contribution in [-0.4, -0.2) is 13.1 Å². The molecule has 0 saturated heterocycles. The summed E-state index contributed by atoms with van der Waals surface area (Å²) in [6.45, 7) is 4.10. The average Bonchev–Trinajstić information content (AvgIpc) is 2.43. The van der Waals surface area contributed by atoms with Crippen LogP contribution >= 0.6 is 0 Å². The molecule has 3 heteroatoms. The second-order valence-electron chi connectivity index (χ2n) is 4.36. The summed E-state index contributed by atoms with van der Waals surface area (Å²) in [7, 11) is 1.36. The van der Waals surface area contributed by atoms with Gasteiger partial charge in [-0.3, -0.25) is 0 Å². The third-order valence-electron chi connectivity index (χ3n) is 2.99. The molecule has 0 aliphatic carbocycles. The van der Waals surface area contributed by atoms with Crippen LogP contribution in [0.1, 0.15) is 21.5 Å². The summed E-state index contributed by atoms with van der Waals surface area (Å²) in [5.41, 5.74) is 2.92. The van der Waals surface area contributed by atoms with Crippen LogP contribution in [0.5, 0.6) is 11.5 Å². The fraction of sp³-hybridized carbons (Fsp3) is 0.188. The highest BCUT2D eigenvalue weighted by molar-refractivity contribution is 5.89. The SMILES string of the molecule is COC(=O)c1ccc(Oc2ccc(C)c(C)c2)cc1. The van der Waals surface area contributed by atoms with Gasteiger partial charge in [-0.25, -0.2) is 4.79 Å². The van der Waals surface area contributed by atoms with Gasteiger partial charge in [-0.1, -0.05) is 6.07 Å². The van der Waals surface area contributed by atoms with Crippen molar-refractivity contribution in [3.63, 3.8) is 0 Å². The quantitative estimate of drug-likeness (QED) is 0.782. The summed E-state index contributed by atoms with van der Waals surface area (Å²) in [5.74, 6) is 1.13. The Labute approximate surface area is 112 Å². The average molecular weight is 256 g/mol. The van der Waals surface area contributed by atoms with Gasteiger partial charge in [0.2, 0.25) is 0 Å². The van der Waals surface area contributed by atoms with E-state index in [4.69, 9.17) is 4.74 Å². The summed E-state index contributed by atoms with van der Waals surface area (Å²) in [5, 5.41) is 0. The number of carbonyl (C=O) groups excluding carboxylic acids is 1. The summed E-state index contributed by atoms with van der Waals surface area (Å²) >= 11 is 0. The van der Waals surface area contributed by atoms with Gasteiger partial charge in [-0.05, 0) is 61.4 Å². The van der Waals surface area contributed by atoms with E-state index < -0.39 is 0 Å². The van der Waals surface area contributed by atoms with Gasteiger partial charge in [-0.2, -0.15) is 0 Å². The van der Waals surface area contributed by atoms with E-state index in [1.54, 1.807) is 24.3 Å². The number of carbonyl (C=O) groups is 1. The number of aryl methyl sites for hydroxylation is 2. The number of hydrogen-bond acceptors (Lipinski definition) is 3. The number of hydrogen-bond donors (Lipinski definition) is 0. The van der Waals surface area contributed by atoms with E-state index in [-0.39, 0.29) is 5.97 Å². The van der Waals surface area contributed by atoms with Crippen LogP contribution in [-0.2, 0) is 4.74 Å². The predicted octanol–water partition coefficient (Wildman–Crippen LogP) is 3.88. The lowest BCUT2D eigenvalue weighted by molar-refractivity contribution is 0.0600. The van der Waals surface area contributed by atoms with Crippen molar-refractivity contribution in [3.05, 3.63) is 59.2 Å². The third kappa shape index (κ3) is 3.13. The molecular weight excluding hydrogens is 240 g/mol. The molecule has 0 aliphatic heterocycles. The first kappa shape index (κ1) is 13.1. The molecule has 0 heterocycles. The Morgan fingerprint density at radius 1 is 0.895 bits per heavy atom. The lowest BCUT2D eigenvalue weighted by Gasteiger charge is -2.08. The normalized spacial score (nSPS) is 10.1. The monoisotopic (exact) mass is 256 g/mol. The lowest BCUT2D eigenvalue weighted by atomic mass is 10.1. The number of esters is 1.